The van der Waals surface area contributed by atoms with Gasteiger partial charge in [-0.25, -0.2) is 18.5 Å². The van der Waals surface area contributed by atoms with Crippen LogP contribution in [0.4, 0.5) is 5.69 Å². The minimum Gasteiger partial charge on any atom is -0.311 e. The van der Waals surface area contributed by atoms with E-state index < -0.39 is 10.0 Å². The lowest BCUT2D eigenvalue weighted by Gasteiger charge is -2.17. The Bertz CT molecular complexity index is 1190. The van der Waals surface area contributed by atoms with Crippen LogP contribution in [0.15, 0.2) is 64.9 Å². The first kappa shape index (κ1) is 19.7. The smallest absolute Gasteiger partial charge is 0.238 e. The topological polar surface area (TPSA) is 98.3 Å². The zero-order valence-corrected chi connectivity index (χ0v) is 17.4. The average molecular weight is 429 g/mol. The van der Waals surface area contributed by atoms with Gasteiger partial charge in [0.15, 0.2) is 5.16 Å². The fraction of sp³-hybridized carbons (Fsp3) is 0.200. The van der Waals surface area contributed by atoms with Crippen molar-refractivity contribution in [2.45, 2.75) is 23.4 Å². The zero-order chi connectivity index (χ0) is 20.6. The lowest BCUT2D eigenvalue weighted by molar-refractivity contribution is -0.116. The van der Waals surface area contributed by atoms with E-state index in [2.05, 4.69) is 11.1 Å². The Morgan fingerprint density at radius 3 is 2.83 bits per heavy atom. The molecule has 2 N–H and O–H groups in total. The molecule has 0 aliphatic carbocycles. The van der Waals surface area contributed by atoms with Gasteiger partial charge in [-0.1, -0.05) is 23.9 Å². The van der Waals surface area contributed by atoms with Gasteiger partial charge >= 0.3 is 0 Å². The molecule has 29 heavy (non-hydrogen) atoms. The van der Waals surface area contributed by atoms with Gasteiger partial charge in [-0.3, -0.25) is 9.36 Å². The zero-order valence-electron chi connectivity index (χ0n) is 15.8. The molecule has 3 aromatic rings. The van der Waals surface area contributed by atoms with Crippen LogP contribution in [0, 0.1) is 6.92 Å². The number of nitrogens with two attached hydrogens (primary N) is 1. The van der Waals surface area contributed by atoms with Gasteiger partial charge in [-0.05, 0) is 54.8 Å². The molecule has 1 amide bonds. The molecule has 0 spiro atoms. The molecule has 1 aliphatic heterocycles. The third-order valence-corrected chi connectivity index (χ3v) is 6.65. The van der Waals surface area contributed by atoms with E-state index in [1.807, 2.05) is 35.9 Å². The Balaban J connectivity index is 1.48. The Morgan fingerprint density at radius 1 is 1.24 bits per heavy atom. The van der Waals surface area contributed by atoms with Crippen LogP contribution in [0.2, 0.25) is 0 Å². The van der Waals surface area contributed by atoms with Crippen molar-refractivity contribution in [1.82, 2.24) is 9.55 Å². The van der Waals surface area contributed by atoms with Crippen LogP contribution < -0.4 is 10.0 Å². The van der Waals surface area contributed by atoms with Gasteiger partial charge in [0.05, 0.1) is 10.6 Å². The number of primary sulfonamides is 1. The second kappa shape index (κ2) is 7.66. The molecule has 7 nitrogen and oxygen atoms in total. The van der Waals surface area contributed by atoms with Crippen LogP contribution in [0.3, 0.4) is 0 Å². The first-order valence-electron chi connectivity index (χ1n) is 9.02. The van der Waals surface area contributed by atoms with Crippen LogP contribution >= 0.6 is 11.8 Å². The minimum absolute atomic E-state index is 0.0455. The van der Waals surface area contributed by atoms with Crippen LogP contribution in [-0.4, -0.2) is 36.2 Å². The summed E-state index contributed by atoms with van der Waals surface area (Å²) in [6, 6.07) is 12.7. The standard InChI is InChI=1S/C20H20N4O3S2/c1-14-3-2-4-16(11-14)23-10-8-22-20(23)28-13-19(25)24-9-7-15-12-17(29(21,26)27)5-6-18(15)24/h2-6,8,10-12H,7,9,13H2,1H3,(H2,21,26,27). The van der Waals surface area contributed by atoms with Gasteiger partial charge in [-0.15, -0.1) is 0 Å². The summed E-state index contributed by atoms with van der Waals surface area (Å²) in [4.78, 5) is 18.9. The molecule has 9 heteroatoms. The van der Waals surface area contributed by atoms with E-state index in [9.17, 15) is 13.2 Å². The number of aromatic nitrogens is 2. The van der Waals surface area contributed by atoms with E-state index in [1.54, 1.807) is 23.2 Å². The second-order valence-electron chi connectivity index (χ2n) is 6.84. The number of nitrogens with zero attached hydrogens (tertiary/aromatic N) is 3. The molecule has 4 rings (SSSR count). The normalized spacial score (nSPS) is 13.5. The van der Waals surface area contributed by atoms with Crippen molar-refractivity contribution in [3.05, 3.63) is 66.0 Å². The third-order valence-electron chi connectivity index (χ3n) is 4.79. The van der Waals surface area contributed by atoms with E-state index in [0.29, 0.717) is 13.0 Å². The summed E-state index contributed by atoms with van der Waals surface area (Å²) in [5, 5.41) is 5.94. The van der Waals surface area contributed by atoms with Gasteiger partial charge < -0.3 is 4.90 Å². The van der Waals surface area contributed by atoms with Crippen LogP contribution in [-0.2, 0) is 21.2 Å². The van der Waals surface area contributed by atoms with Gasteiger partial charge in [0.2, 0.25) is 15.9 Å². The molecule has 2 aromatic carbocycles. The van der Waals surface area contributed by atoms with Crippen molar-refractivity contribution in [3.63, 3.8) is 0 Å². The highest BCUT2D eigenvalue weighted by molar-refractivity contribution is 7.99. The molecule has 0 unspecified atom stereocenters. The Kier molecular flexibility index (Phi) is 5.20. The monoisotopic (exact) mass is 428 g/mol. The average Bonchev–Trinajstić information content (AvgIpc) is 3.31. The number of sulfonamides is 1. The molecule has 0 radical (unpaired) electrons. The maximum absolute atomic E-state index is 12.8. The summed E-state index contributed by atoms with van der Waals surface area (Å²) in [6.45, 7) is 2.55. The number of thioether (sulfide) groups is 1. The lowest BCUT2D eigenvalue weighted by Crippen LogP contribution is -2.30. The highest BCUT2D eigenvalue weighted by Crippen LogP contribution is 2.31. The van der Waals surface area contributed by atoms with Gasteiger partial charge in [-0.2, -0.15) is 0 Å². The molecular weight excluding hydrogens is 408 g/mol. The highest BCUT2D eigenvalue weighted by atomic mass is 32.2. The fourth-order valence-corrected chi connectivity index (χ4v) is 4.80. The van der Waals surface area contributed by atoms with Crippen LogP contribution in [0.5, 0.6) is 0 Å². The summed E-state index contributed by atoms with van der Waals surface area (Å²) in [5.41, 5.74) is 3.71. The molecule has 0 saturated carbocycles. The summed E-state index contributed by atoms with van der Waals surface area (Å²) in [5.74, 6) is 0.190. The first-order valence-corrected chi connectivity index (χ1v) is 11.6. The molecule has 0 bridgehead atoms. The molecule has 0 saturated heterocycles. The number of anilines is 1. The molecule has 150 valence electrons. The number of carbonyl (C=O) groups excluding carboxylic acids is 1. The van der Waals surface area contributed by atoms with E-state index in [1.165, 1.54) is 17.8 Å². The van der Waals surface area contributed by atoms with Crippen LogP contribution in [0.25, 0.3) is 5.69 Å². The van der Waals surface area contributed by atoms with Crippen molar-refractivity contribution in [1.29, 1.82) is 0 Å². The van der Waals surface area contributed by atoms with Crippen molar-refractivity contribution in [2.24, 2.45) is 5.14 Å². The molecule has 0 fully saturated rings. The summed E-state index contributed by atoms with van der Waals surface area (Å²) < 4.78 is 25.0. The summed E-state index contributed by atoms with van der Waals surface area (Å²) in [6.07, 6.45) is 4.20. The second-order valence-corrected chi connectivity index (χ2v) is 9.34. The van der Waals surface area contributed by atoms with Crippen molar-refractivity contribution in [3.8, 4) is 5.69 Å². The maximum Gasteiger partial charge on any atom is 0.238 e. The van der Waals surface area contributed by atoms with Gasteiger partial charge in [0.25, 0.3) is 0 Å². The molecular formula is C20H20N4O3S2. The lowest BCUT2D eigenvalue weighted by atomic mass is 10.2. The predicted octanol–water partition coefficient (Wildman–Crippen LogP) is 2.51. The molecule has 0 atom stereocenters. The van der Waals surface area contributed by atoms with E-state index in [4.69, 9.17) is 5.14 Å². The number of imidazole rings is 1. The maximum atomic E-state index is 12.8. The summed E-state index contributed by atoms with van der Waals surface area (Å²) in [7, 11) is -3.75. The largest absolute Gasteiger partial charge is 0.311 e. The van der Waals surface area contributed by atoms with Crippen molar-refractivity contribution >= 4 is 33.4 Å². The number of aryl methyl sites for hydroxylation is 1. The summed E-state index contributed by atoms with van der Waals surface area (Å²) >= 11 is 1.38. The van der Waals surface area contributed by atoms with Crippen LogP contribution in [0.1, 0.15) is 11.1 Å². The van der Waals surface area contributed by atoms with Crippen molar-refractivity contribution < 1.29 is 13.2 Å². The number of hydrogen-bond donors (Lipinski definition) is 1. The highest BCUT2D eigenvalue weighted by Gasteiger charge is 2.26. The number of hydrogen-bond acceptors (Lipinski definition) is 5. The van der Waals surface area contributed by atoms with Gasteiger partial charge in [0, 0.05) is 30.3 Å². The molecule has 2 heterocycles. The third kappa shape index (κ3) is 4.07. The molecule has 1 aromatic heterocycles. The van der Waals surface area contributed by atoms with E-state index in [-0.39, 0.29) is 16.6 Å². The fourth-order valence-electron chi connectivity index (χ4n) is 3.39. The number of benzene rings is 2. The molecule has 1 aliphatic rings. The first-order chi connectivity index (χ1) is 13.8. The Hall–Kier alpha value is -2.62. The Labute approximate surface area is 173 Å². The number of fused-ring (bicyclic) bond motifs is 1. The minimum atomic E-state index is -3.75. The number of amides is 1. The van der Waals surface area contributed by atoms with Crippen molar-refractivity contribution in [2.75, 3.05) is 17.2 Å². The SMILES string of the molecule is Cc1cccc(-n2ccnc2SCC(=O)N2CCc3cc(S(N)(=O)=O)ccc32)c1. The number of rotatable bonds is 5. The number of carbonyl (C=O) groups is 1. The van der Waals surface area contributed by atoms with Gasteiger partial charge in [0.1, 0.15) is 0 Å². The predicted molar refractivity (Wildman–Crippen MR) is 113 cm³/mol. The van der Waals surface area contributed by atoms with E-state index >= 15 is 0 Å². The Morgan fingerprint density at radius 2 is 2.07 bits per heavy atom. The quantitative estimate of drug-likeness (QED) is 0.630. The van der Waals surface area contributed by atoms with E-state index in [0.717, 1.165) is 27.7 Å².